The number of esters is 1. The fourth-order valence-corrected chi connectivity index (χ4v) is 2.18. The van der Waals surface area contributed by atoms with E-state index in [4.69, 9.17) is 9.47 Å². The number of hydrogen-bond acceptors (Lipinski definition) is 4. The molecule has 0 saturated carbocycles. The van der Waals surface area contributed by atoms with Crippen molar-refractivity contribution in [3.05, 3.63) is 59.7 Å². The normalized spacial score (nSPS) is 10.5. The summed E-state index contributed by atoms with van der Waals surface area (Å²) in [4.78, 5) is 23.8. The molecule has 0 atom stereocenters. The molecule has 0 saturated heterocycles. The first-order valence-electron chi connectivity index (χ1n) is 8.76. The van der Waals surface area contributed by atoms with Gasteiger partial charge in [-0.25, -0.2) is 4.79 Å². The molecule has 2 aromatic rings. The Morgan fingerprint density at radius 2 is 1.65 bits per heavy atom. The highest BCUT2D eigenvalue weighted by Crippen LogP contribution is 2.14. The minimum Gasteiger partial charge on any atom is -0.484 e. The summed E-state index contributed by atoms with van der Waals surface area (Å²) in [6.45, 7) is 6.34. The highest BCUT2D eigenvalue weighted by Gasteiger charge is 2.09. The Morgan fingerprint density at radius 3 is 2.23 bits per heavy atom. The highest BCUT2D eigenvalue weighted by molar-refractivity contribution is 5.93. The number of nitrogens with one attached hydrogen (secondary N) is 1. The number of amides is 1. The fraction of sp³-hybridized carbons (Fsp3) is 0.333. The molecule has 1 N–H and O–H groups in total. The Labute approximate surface area is 154 Å². The number of carbonyl (C=O) groups excluding carboxylic acids is 2. The van der Waals surface area contributed by atoms with Crippen molar-refractivity contribution in [2.75, 3.05) is 18.5 Å². The third-order valence-corrected chi connectivity index (χ3v) is 3.65. The number of anilines is 1. The molecule has 0 bridgehead atoms. The summed E-state index contributed by atoms with van der Waals surface area (Å²) in [5.41, 5.74) is 2.27. The van der Waals surface area contributed by atoms with Crippen molar-refractivity contribution in [2.45, 2.75) is 27.2 Å². The Kier molecular flexibility index (Phi) is 7.21. The number of ether oxygens (including phenoxy) is 2. The van der Waals surface area contributed by atoms with Crippen LogP contribution in [0.3, 0.4) is 0 Å². The summed E-state index contributed by atoms with van der Waals surface area (Å²) in [6, 6.07) is 14.2. The quantitative estimate of drug-likeness (QED) is 0.725. The van der Waals surface area contributed by atoms with Gasteiger partial charge in [-0.05, 0) is 54.3 Å². The topological polar surface area (TPSA) is 64.6 Å². The summed E-state index contributed by atoms with van der Waals surface area (Å²) in [7, 11) is 0. The molecule has 0 fully saturated rings. The lowest BCUT2D eigenvalue weighted by Gasteiger charge is -2.09. The molecule has 0 unspecified atom stereocenters. The predicted octanol–water partition coefficient (Wildman–Crippen LogP) is 4.08. The van der Waals surface area contributed by atoms with E-state index in [1.807, 2.05) is 38.1 Å². The summed E-state index contributed by atoms with van der Waals surface area (Å²) in [5.74, 6) is 0.312. The molecule has 2 aromatic carbocycles. The highest BCUT2D eigenvalue weighted by atomic mass is 16.5. The first kappa shape index (κ1) is 19.5. The Morgan fingerprint density at radius 1 is 1.00 bits per heavy atom. The number of benzene rings is 2. The van der Waals surface area contributed by atoms with E-state index in [1.54, 1.807) is 24.3 Å². The number of carbonyl (C=O) groups is 2. The van der Waals surface area contributed by atoms with Gasteiger partial charge in [-0.1, -0.05) is 32.9 Å². The standard InChI is InChI=1S/C21H25NO4/c1-4-16-5-11-19(12-6-16)25-14-20(23)22-18-9-7-17(8-10-18)21(24)26-13-15(2)3/h5-12,15H,4,13-14H2,1-3H3,(H,22,23). The summed E-state index contributed by atoms with van der Waals surface area (Å²) < 4.78 is 10.6. The van der Waals surface area contributed by atoms with Crippen molar-refractivity contribution in [2.24, 2.45) is 5.92 Å². The summed E-state index contributed by atoms with van der Waals surface area (Å²) in [6.07, 6.45) is 0.960. The van der Waals surface area contributed by atoms with Gasteiger partial charge in [0.2, 0.25) is 0 Å². The molecule has 0 aliphatic carbocycles. The zero-order chi connectivity index (χ0) is 18.9. The van der Waals surface area contributed by atoms with Crippen LogP contribution in [0.25, 0.3) is 0 Å². The van der Waals surface area contributed by atoms with Crippen LogP contribution in [0.4, 0.5) is 5.69 Å². The van der Waals surface area contributed by atoms with Crippen LogP contribution < -0.4 is 10.1 Å². The van der Waals surface area contributed by atoms with E-state index in [2.05, 4.69) is 12.2 Å². The second-order valence-electron chi connectivity index (χ2n) is 6.40. The monoisotopic (exact) mass is 355 g/mol. The molecule has 0 heterocycles. The molecule has 138 valence electrons. The van der Waals surface area contributed by atoms with Gasteiger partial charge >= 0.3 is 5.97 Å². The molecule has 0 spiro atoms. The summed E-state index contributed by atoms with van der Waals surface area (Å²) >= 11 is 0. The Hall–Kier alpha value is -2.82. The van der Waals surface area contributed by atoms with Crippen molar-refractivity contribution in [1.82, 2.24) is 0 Å². The van der Waals surface area contributed by atoms with E-state index in [-0.39, 0.29) is 24.4 Å². The number of aryl methyl sites for hydroxylation is 1. The Balaban J connectivity index is 1.81. The molecular weight excluding hydrogens is 330 g/mol. The molecule has 0 aliphatic rings. The fourth-order valence-electron chi connectivity index (χ4n) is 2.18. The maximum Gasteiger partial charge on any atom is 0.338 e. The van der Waals surface area contributed by atoms with Gasteiger partial charge in [0.1, 0.15) is 5.75 Å². The molecule has 5 heteroatoms. The van der Waals surface area contributed by atoms with Crippen LogP contribution in [0.5, 0.6) is 5.75 Å². The molecule has 26 heavy (non-hydrogen) atoms. The smallest absolute Gasteiger partial charge is 0.338 e. The second kappa shape index (κ2) is 9.61. The predicted molar refractivity (Wildman–Crippen MR) is 102 cm³/mol. The van der Waals surface area contributed by atoms with Gasteiger partial charge in [-0.3, -0.25) is 4.79 Å². The molecule has 0 radical (unpaired) electrons. The maximum absolute atomic E-state index is 12.0. The molecular formula is C21H25NO4. The largest absolute Gasteiger partial charge is 0.484 e. The van der Waals surface area contributed by atoms with Crippen LogP contribution in [0, 0.1) is 5.92 Å². The molecule has 2 rings (SSSR count). The van der Waals surface area contributed by atoms with Crippen molar-refractivity contribution >= 4 is 17.6 Å². The zero-order valence-corrected chi connectivity index (χ0v) is 15.5. The van der Waals surface area contributed by atoms with Crippen LogP contribution in [0.2, 0.25) is 0 Å². The van der Waals surface area contributed by atoms with Crippen molar-refractivity contribution in [3.8, 4) is 5.75 Å². The number of hydrogen-bond donors (Lipinski definition) is 1. The zero-order valence-electron chi connectivity index (χ0n) is 15.5. The number of rotatable bonds is 8. The van der Waals surface area contributed by atoms with E-state index >= 15 is 0 Å². The molecule has 1 amide bonds. The minimum absolute atomic E-state index is 0.0797. The van der Waals surface area contributed by atoms with E-state index in [0.717, 1.165) is 6.42 Å². The lowest BCUT2D eigenvalue weighted by molar-refractivity contribution is -0.118. The van der Waals surface area contributed by atoms with Gasteiger partial charge in [0, 0.05) is 5.69 Å². The lowest BCUT2D eigenvalue weighted by atomic mass is 10.2. The van der Waals surface area contributed by atoms with Crippen molar-refractivity contribution in [3.63, 3.8) is 0 Å². The van der Waals surface area contributed by atoms with Gasteiger partial charge in [0.05, 0.1) is 12.2 Å². The lowest BCUT2D eigenvalue weighted by Crippen LogP contribution is -2.20. The third-order valence-electron chi connectivity index (χ3n) is 3.65. The Bertz CT molecular complexity index is 721. The molecule has 0 aromatic heterocycles. The van der Waals surface area contributed by atoms with Gasteiger partial charge in [-0.15, -0.1) is 0 Å². The van der Waals surface area contributed by atoms with Gasteiger partial charge in [0.25, 0.3) is 5.91 Å². The average molecular weight is 355 g/mol. The van der Waals surface area contributed by atoms with Crippen LogP contribution in [0.15, 0.2) is 48.5 Å². The van der Waals surface area contributed by atoms with E-state index in [0.29, 0.717) is 23.6 Å². The second-order valence-corrected chi connectivity index (χ2v) is 6.40. The van der Waals surface area contributed by atoms with Gasteiger partial charge < -0.3 is 14.8 Å². The average Bonchev–Trinajstić information content (AvgIpc) is 2.65. The van der Waals surface area contributed by atoms with E-state index in [1.165, 1.54) is 5.56 Å². The maximum atomic E-state index is 12.0. The first-order valence-corrected chi connectivity index (χ1v) is 8.76. The van der Waals surface area contributed by atoms with E-state index in [9.17, 15) is 9.59 Å². The third kappa shape index (κ3) is 6.24. The van der Waals surface area contributed by atoms with Crippen LogP contribution in [0.1, 0.15) is 36.7 Å². The van der Waals surface area contributed by atoms with Gasteiger partial charge in [0.15, 0.2) is 6.61 Å². The molecule has 5 nitrogen and oxygen atoms in total. The van der Waals surface area contributed by atoms with Crippen LogP contribution >= 0.6 is 0 Å². The van der Waals surface area contributed by atoms with Gasteiger partial charge in [-0.2, -0.15) is 0 Å². The first-order chi connectivity index (χ1) is 12.5. The van der Waals surface area contributed by atoms with Crippen LogP contribution in [-0.4, -0.2) is 25.1 Å². The minimum atomic E-state index is -0.365. The van der Waals surface area contributed by atoms with Crippen molar-refractivity contribution in [1.29, 1.82) is 0 Å². The SMILES string of the molecule is CCc1ccc(OCC(=O)Nc2ccc(C(=O)OCC(C)C)cc2)cc1. The van der Waals surface area contributed by atoms with Crippen molar-refractivity contribution < 1.29 is 19.1 Å². The summed E-state index contributed by atoms with van der Waals surface area (Å²) in [5, 5.41) is 2.74. The van der Waals surface area contributed by atoms with Crippen LogP contribution in [-0.2, 0) is 16.0 Å². The molecule has 0 aliphatic heterocycles. The van der Waals surface area contributed by atoms with E-state index < -0.39 is 0 Å².